The molecule has 7 rings (SSSR count). The number of ether oxygens (including phenoxy) is 2. The summed E-state index contributed by atoms with van der Waals surface area (Å²) in [5, 5.41) is 0. The van der Waals surface area contributed by atoms with Gasteiger partial charge in [0.1, 0.15) is 12.2 Å². The number of carbonyl (C=O) groups excluding carboxylic acids is 2. The van der Waals surface area contributed by atoms with E-state index in [0.29, 0.717) is 23.0 Å². The number of esters is 2. The summed E-state index contributed by atoms with van der Waals surface area (Å²) in [6, 6.07) is 23.2. The van der Waals surface area contributed by atoms with E-state index in [1.54, 1.807) is 24.3 Å². The molecule has 0 radical (unpaired) electrons. The molecule has 4 aliphatic rings. The van der Waals surface area contributed by atoms with Crippen LogP contribution in [0.1, 0.15) is 68.2 Å². The maximum atomic E-state index is 13.1. The Kier molecular flexibility index (Phi) is 5.23. The van der Waals surface area contributed by atoms with Gasteiger partial charge in [-0.1, -0.05) is 48.5 Å². The third kappa shape index (κ3) is 3.49. The molecule has 182 valence electrons. The predicted molar refractivity (Wildman–Crippen MR) is 136 cm³/mol. The summed E-state index contributed by atoms with van der Waals surface area (Å²) in [5.41, 5.74) is 7.02. The highest BCUT2D eigenvalue weighted by Gasteiger charge is 2.63. The first-order valence-electron chi connectivity index (χ1n) is 13.3. The Morgan fingerprint density at radius 3 is 1.81 bits per heavy atom. The second kappa shape index (κ2) is 8.62. The highest BCUT2D eigenvalue weighted by atomic mass is 16.6. The van der Waals surface area contributed by atoms with Gasteiger partial charge in [-0.05, 0) is 96.9 Å². The number of hydrogen-bond donors (Lipinski definition) is 0. The maximum Gasteiger partial charge on any atom is 0.338 e. The molecule has 0 heterocycles. The van der Waals surface area contributed by atoms with Crippen molar-refractivity contribution in [2.45, 2.75) is 56.7 Å². The highest BCUT2D eigenvalue weighted by molar-refractivity contribution is 5.90. The molecule has 2 fully saturated rings. The van der Waals surface area contributed by atoms with Gasteiger partial charge in [0.25, 0.3) is 0 Å². The second-order valence-electron chi connectivity index (χ2n) is 11.0. The largest absolute Gasteiger partial charge is 0.455 e. The summed E-state index contributed by atoms with van der Waals surface area (Å²) in [6.07, 6.45) is 6.01. The number of benzene rings is 3. The number of fused-ring (bicyclic) bond motifs is 8. The van der Waals surface area contributed by atoms with Crippen molar-refractivity contribution in [3.8, 4) is 0 Å². The molecule has 4 aliphatic carbocycles. The van der Waals surface area contributed by atoms with E-state index in [4.69, 9.17) is 9.47 Å². The molecule has 0 saturated heterocycles. The fourth-order valence-electron chi connectivity index (χ4n) is 7.60. The van der Waals surface area contributed by atoms with E-state index in [9.17, 15) is 9.59 Å². The molecule has 0 N–H and O–H groups in total. The lowest BCUT2D eigenvalue weighted by atomic mass is 9.76. The van der Waals surface area contributed by atoms with Crippen LogP contribution in [0.15, 0.2) is 72.8 Å². The monoisotopic (exact) mass is 478 g/mol. The van der Waals surface area contributed by atoms with E-state index in [2.05, 4.69) is 12.1 Å². The molecule has 0 aromatic heterocycles. The molecule has 6 atom stereocenters. The zero-order chi connectivity index (χ0) is 24.2. The van der Waals surface area contributed by atoms with Crippen molar-refractivity contribution in [2.75, 3.05) is 0 Å². The minimum atomic E-state index is -0.432. The normalized spacial score (nSPS) is 29.2. The zero-order valence-electron chi connectivity index (χ0n) is 20.3. The molecule has 0 aliphatic heterocycles. The fraction of sp³-hybridized carbons (Fsp3) is 0.375. The van der Waals surface area contributed by atoms with E-state index in [-0.39, 0.29) is 23.8 Å². The van der Waals surface area contributed by atoms with Gasteiger partial charge in [-0.3, -0.25) is 0 Å². The van der Waals surface area contributed by atoms with Crippen molar-refractivity contribution in [1.29, 1.82) is 0 Å². The molecule has 5 unspecified atom stereocenters. The Hall–Kier alpha value is -3.40. The summed E-state index contributed by atoms with van der Waals surface area (Å²) in [6.45, 7) is 0. The first-order chi connectivity index (χ1) is 17.7. The smallest absolute Gasteiger partial charge is 0.338 e. The van der Waals surface area contributed by atoms with Crippen LogP contribution in [-0.4, -0.2) is 24.1 Å². The summed E-state index contributed by atoms with van der Waals surface area (Å²) >= 11 is 0. The second-order valence-corrected chi connectivity index (χ2v) is 11.0. The molecule has 36 heavy (non-hydrogen) atoms. The van der Waals surface area contributed by atoms with Gasteiger partial charge >= 0.3 is 11.9 Å². The van der Waals surface area contributed by atoms with Gasteiger partial charge in [0.05, 0.1) is 11.1 Å². The van der Waals surface area contributed by atoms with Crippen LogP contribution >= 0.6 is 0 Å². The maximum absolute atomic E-state index is 13.1. The SMILES string of the molecule is O=C(OC1C2CC(C1OC(=O)c1ccccc1)[C@@H]1Cc3cc4c(cc3C21)CCCC4)c1ccccc1. The minimum absolute atomic E-state index is 0.170. The lowest BCUT2D eigenvalue weighted by Crippen LogP contribution is -2.45. The lowest BCUT2D eigenvalue weighted by Gasteiger charge is -2.37. The van der Waals surface area contributed by atoms with E-state index < -0.39 is 12.2 Å². The first kappa shape index (κ1) is 21.8. The molecular weight excluding hydrogens is 448 g/mol. The van der Waals surface area contributed by atoms with Crippen molar-refractivity contribution >= 4 is 11.9 Å². The molecular formula is C32H30O4. The fourth-order valence-corrected chi connectivity index (χ4v) is 7.60. The molecule has 3 aromatic rings. The van der Waals surface area contributed by atoms with Gasteiger partial charge in [-0.2, -0.15) is 0 Å². The van der Waals surface area contributed by atoms with Gasteiger partial charge in [-0.25, -0.2) is 9.59 Å². The van der Waals surface area contributed by atoms with Crippen LogP contribution in [-0.2, 0) is 28.7 Å². The molecule has 2 bridgehead atoms. The van der Waals surface area contributed by atoms with E-state index in [0.717, 1.165) is 19.3 Å². The third-order valence-electron chi connectivity index (χ3n) is 9.11. The van der Waals surface area contributed by atoms with E-state index >= 15 is 0 Å². The Morgan fingerprint density at radius 1 is 0.639 bits per heavy atom. The van der Waals surface area contributed by atoms with Crippen LogP contribution in [0, 0.1) is 17.8 Å². The van der Waals surface area contributed by atoms with Crippen molar-refractivity contribution in [1.82, 2.24) is 0 Å². The standard InChI is InChI=1S/C32H30O4/c33-31(19-9-3-1-4-10-19)35-29-26-18-27(30(29)36-32(34)20-11-5-2-6-12-20)28-24-16-22-14-8-7-13-21(22)15-23(24)17-25(26)28/h1-6,9-12,15-16,25-30H,7-8,13-14,17-18H2/t25-,26?,27?,28?,29?,30?/m0/s1. The lowest BCUT2D eigenvalue weighted by molar-refractivity contribution is -0.0698. The molecule has 4 heteroatoms. The molecule has 4 nitrogen and oxygen atoms in total. The van der Waals surface area contributed by atoms with Gasteiger partial charge in [0.15, 0.2) is 0 Å². The number of hydrogen-bond acceptors (Lipinski definition) is 4. The number of carbonyl (C=O) groups is 2. The minimum Gasteiger partial charge on any atom is -0.455 e. The topological polar surface area (TPSA) is 52.6 Å². The summed E-state index contributed by atoms with van der Waals surface area (Å²) in [4.78, 5) is 26.2. The summed E-state index contributed by atoms with van der Waals surface area (Å²) in [5.74, 6) is 0.506. The number of aryl methyl sites for hydroxylation is 2. The van der Waals surface area contributed by atoms with Crippen molar-refractivity contribution in [3.63, 3.8) is 0 Å². The average molecular weight is 479 g/mol. The van der Waals surface area contributed by atoms with Crippen LogP contribution in [0.2, 0.25) is 0 Å². The van der Waals surface area contributed by atoms with Crippen molar-refractivity contribution in [2.24, 2.45) is 17.8 Å². The van der Waals surface area contributed by atoms with Gasteiger partial charge in [-0.15, -0.1) is 0 Å². The molecule has 0 spiro atoms. The third-order valence-corrected chi connectivity index (χ3v) is 9.11. The van der Waals surface area contributed by atoms with Crippen LogP contribution in [0.3, 0.4) is 0 Å². The van der Waals surface area contributed by atoms with Crippen LogP contribution < -0.4 is 0 Å². The molecule has 2 saturated carbocycles. The Morgan fingerprint density at radius 2 is 1.19 bits per heavy atom. The van der Waals surface area contributed by atoms with Crippen molar-refractivity contribution < 1.29 is 19.1 Å². The predicted octanol–water partition coefficient (Wildman–Crippen LogP) is 5.92. The van der Waals surface area contributed by atoms with E-state index in [1.165, 1.54) is 41.5 Å². The molecule has 0 amide bonds. The van der Waals surface area contributed by atoms with Crippen LogP contribution in [0.4, 0.5) is 0 Å². The Bertz CT molecular complexity index is 1310. The van der Waals surface area contributed by atoms with Crippen molar-refractivity contribution in [3.05, 3.63) is 106 Å². The Balaban J connectivity index is 1.22. The van der Waals surface area contributed by atoms with Gasteiger partial charge in [0.2, 0.25) is 0 Å². The van der Waals surface area contributed by atoms with Gasteiger partial charge in [0, 0.05) is 11.8 Å². The average Bonchev–Trinajstić information content (AvgIpc) is 3.58. The number of rotatable bonds is 4. The first-order valence-corrected chi connectivity index (χ1v) is 13.3. The zero-order valence-corrected chi connectivity index (χ0v) is 20.3. The van der Waals surface area contributed by atoms with E-state index in [1.807, 2.05) is 36.4 Å². The quantitative estimate of drug-likeness (QED) is 0.437. The summed E-state index contributed by atoms with van der Waals surface area (Å²) < 4.78 is 12.4. The molecule has 3 aromatic carbocycles. The van der Waals surface area contributed by atoms with Gasteiger partial charge < -0.3 is 9.47 Å². The highest BCUT2D eigenvalue weighted by Crippen LogP contribution is 2.63. The Labute approximate surface area is 211 Å². The summed E-state index contributed by atoms with van der Waals surface area (Å²) in [7, 11) is 0. The van der Waals surface area contributed by atoms with Crippen LogP contribution in [0.5, 0.6) is 0 Å². The van der Waals surface area contributed by atoms with Crippen LogP contribution in [0.25, 0.3) is 0 Å².